The van der Waals surface area contributed by atoms with Crippen LogP contribution in [0.2, 0.25) is 0 Å². The van der Waals surface area contributed by atoms with Gasteiger partial charge < -0.3 is 4.90 Å². The molecular weight excluding hydrogens is 380 g/mol. The van der Waals surface area contributed by atoms with Crippen molar-refractivity contribution in [3.8, 4) is 0 Å². The Bertz CT molecular complexity index is 818. The summed E-state index contributed by atoms with van der Waals surface area (Å²) in [6.45, 7) is 1.30. The molecule has 0 radical (unpaired) electrons. The molecule has 2 aromatic heterocycles. The normalized spacial score (nSPS) is 17.0. The third-order valence-electron chi connectivity index (χ3n) is 4.95. The first-order valence-electron chi connectivity index (χ1n) is 9.29. The van der Waals surface area contributed by atoms with Crippen molar-refractivity contribution < 1.29 is 9.59 Å². The summed E-state index contributed by atoms with van der Waals surface area (Å²) < 4.78 is 0. The van der Waals surface area contributed by atoms with Crippen molar-refractivity contribution in [3.05, 3.63) is 40.7 Å². The number of anilines is 1. The molecule has 0 spiro atoms. The second kappa shape index (κ2) is 8.39. The van der Waals surface area contributed by atoms with E-state index in [4.69, 9.17) is 0 Å². The van der Waals surface area contributed by atoms with E-state index in [0.29, 0.717) is 34.9 Å². The van der Waals surface area contributed by atoms with E-state index in [1.165, 1.54) is 37.0 Å². The highest BCUT2D eigenvalue weighted by atomic mass is 32.2. The van der Waals surface area contributed by atoms with Crippen molar-refractivity contribution >= 4 is 40.0 Å². The first-order chi connectivity index (χ1) is 13.2. The highest BCUT2D eigenvalue weighted by molar-refractivity contribution is 8.00. The van der Waals surface area contributed by atoms with Gasteiger partial charge in [0.25, 0.3) is 5.91 Å². The van der Waals surface area contributed by atoms with Crippen LogP contribution in [0.15, 0.2) is 24.4 Å². The number of nitrogens with zero attached hydrogens (tertiary/aromatic N) is 3. The van der Waals surface area contributed by atoms with Crippen LogP contribution in [0.4, 0.5) is 5.13 Å². The van der Waals surface area contributed by atoms with Crippen LogP contribution in [-0.2, 0) is 17.8 Å². The van der Waals surface area contributed by atoms with Crippen LogP contribution in [0.5, 0.6) is 0 Å². The standard InChI is InChI=1S/C19H22N4O2S2/c24-17(12-26-13-5-1-2-6-13)23-10-8-14-16(11-23)27-19(21-14)22-18(25)15-7-3-4-9-20-15/h3-4,7,9,13H,1-2,5-6,8,10-12H2,(H,21,22,25). The highest BCUT2D eigenvalue weighted by Gasteiger charge is 2.26. The van der Waals surface area contributed by atoms with Gasteiger partial charge in [-0.25, -0.2) is 4.98 Å². The van der Waals surface area contributed by atoms with Gasteiger partial charge in [-0.2, -0.15) is 0 Å². The van der Waals surface area contributed by atoms with Crippen molar-refractivity contribution in [3.63, 3.8) is 0 Å². The smallest absolute Gasteiger partial charge is 0.276 e. The van der Waals surface area contributed by atoms with Gasteiger partial charge in [0.15, 0.2) is 5.13 Å². The van der Waals surface area contributed by atoms with E-state index in [2.05, 4.69) is 15.3 Å². The lowest BCUT2D eigenvalue weighted by molar-refractivity contribution is -0.129. The van der Waals surface area contributed by atoms with Crippen molar-refractivity contribution in [1.29, 1.82) is 0 Å². The molecular formula is C19H22N4O2S2. The molecule has 1 N–H and O–H groups in total. The predicted octanol–water partition coefficient (Wildman–Crippen LogP) is 3.35. The second-order valence-corrected chi connectivity index (χ2v) is 9.21. The Morgan fingerprint density at radius 2 is 2.15 bits per heavy atom. The van der Waals surface area contributed by atoms with Gasteiger partial charge >= 0.3 is 0 Å². The number of nitrogens with one attached hydrogen (secondary N) is 1. The molecule has 2 aromatic rings. The van der Waals surface area contributed by atoms with Gasteiger partial charge in [0.2, 0.25) is 5.91 Å². The van der Waals surface area contributed by atoms with Crippen LogP contribution in [0.1, 0.15) is 46.7 Å². The molecule has 1 aliphatic carbocycles. The summed E-state index contributed by atoms with van der Waals surface area (Å²) in [6.07, 6.45) is 7.42. The Morgan fingerprint density at radius 1 is 1.30 bits per heavy atom. The number of aromatic nitrogens is 2. The molecule has 2 amide bonds. The third-order valence-corrected chi connectivity index (χ3v) is 7.30. The van der Waals surface area contributed by atoms with E-state index in [1.54, 1.807) is 24.4 Å². The molecule has 4 rings (SSSR count). The van der Waals surface area contributed by atoms with Crippen molar-refractivity contribution in [2.75, 3.05) is 17.6 Å². The van der Waals surface area contributed by atoms with E-state index in [1.807, 2.05) is 16.7 Å². The Kier molecular flexibility index (Phi) is 5.73. The molecule has 8 heteroatoms. The Hall–Kier alpha value is -1.93. The number of carbonyl (C=O) groups excluding carboxylic acids is 2. The minimum absolute atomic E-state index is 0.213. The SMILES string of the molecule is O=C(Nc1nc2c(s1)CN(C(=O)CSC1CCCC1)CC2)c1ccccn1. The molecule has 1 fully saturated rings. The lowest BCUT2D eigenvalue weighted by Gasteiger charge is -2.26. The van der Waals surface area contributed by atoms with Gasteiger partial charge in [0.1, 0.15) is 5.69 Å². The number of thiazole rings is 1. The summed E-state index contributed by atoms with van der Waals surface area (Å²) in [6, 6.07) is 5.22. The monoisotopic (exact) mass is 402 g/mol. The van der Waals surface area contributed by atoms with Crippen molar-refractivity contribution in [2.45, 2.75) is 43.9 Å². The van der Waals surface area contributed by atoms with Gasteiger partial charge in [-0.3, -0.25) is 19.9 Å². The summed E-state index contributed by atoms with van der Waals surface area (Å²) in [5.74, 6) is 0.523. The Labute approximate surface area is 166 Å². The molecule has 1 aliphatic heterocycles. The molecule has 0 saturated heterocycles. The van der Waals surface area contributed by atoms with Crippen LogP contribution in [-0.4, -0.2) is 44.2 Å². The maximum Gasteiger partial charge on any atom is 0.276 e. The average Bonchev–Trinajstić information content (AvgIpc) is 3.35. The fourth-order valence-electron chi connectivity index (χ4n) is 3.46. The first kappa shape index (κ1) is 18.4. The zero-order valence-electron chi connectivity index (χ0n) is 15.0. The maximum atomic E-state index is 12.5. The number of pyridine rings is 1. The largest absolute Gasteiger partial charge is 0.336 e. The van der Waals surface area contributed by atoms with E-state index < -0.39 is 0 Å². The van der Waals surface area contributed by atoms with Gasteiger partial charge in [0.05, 0.1) is 18.0 Å². The second-order valence-electron chi connectivity index (χ2n) is 6.84. The molecule has 27 heavy (non-hydrogen) atoms. The molecule has 0 atom stereocenters. The Morgan fingerprint density at radius 3 is 2.93 bits per heavy atom. The molecule has 0 aromatic carbocycles. The minimum Gasteiger partial charge on any atom is -0.336 e. The summed E-state index contributed by atoms with van der Waals surface area (Å²) in [5, 5.41) is 4.05. The molecule has 3 heterocycles. The quantitative estimate of drug-likeness (QED) is 0.830. The molecule has 1 saturated carbocycles. The number of amides is 2. The lowest BCUT2D eigenvalue weighted by Crippen LogP contribution is -2.36. The van der Waals surface area contributed by atoms with Crippen LogP contribution in [0.3, 0.4) is 0 Å². The number of hydrogen-bond donors (Lipinski definition) is 1. The number of rotatable bonds is 5. The zero-order valence-corrected chi connectivity index (χ0v) is 16.7. The first-order valence-corrected chi connectivity index (χ1v) is 11.2. The highest BCUT2D eigenvalue weighted by Crippen LogP contribution is 2.31. The van der Waals surface area contributed by atoms with Gasteiger partial charge in [-0.1, -0.05) is 30.2 Å². The molecule has 142 valence electrons. The fourth-order valence-corrected chi connectivity index (χ4v) is 5.70. The number of thioether (sulfide) groups is 1. The van der Waals surface area contributed by atoms with E-state index in [0.717, 1.165) is 17.0 Å². The van der Waals surface area contributed by atoms with E-state index in [9.17, 15) is 9.59 Å². The summed E-state index contributed by atoms with van der Waals surface area (Å²) in [7, 11) is 0. The number of hydrogen-bond acceptors (Lipinski definition) is 6. The zero-order chi connectivity index (χ0) is 18.6. The average molecular weight is 403 g/mol. The summed E-state index contributed by atoms with van der Waals surface area (Å²) in [5.41, 5.74) is 1.36. The van der Waals surface area contributed by atoms with Crippen molar-refractivity contribution in [2.24, 2.45) is 0 Å². The van der Waals surface area contributed by atoms with Crippen LogP contribution < -0.4 is 5.32 Å². The van der Waals surface area contributed by atoms with Crippen LogP contribution >= 0.6 is 23.1 Å². The third kappa shape index (κ3) is 4.50. The minimum atomic E-state index is -0.261. The van der Waals surface area contributed by atoms with Gasteiger partial charge in [-0.15, -0.1) is 11.8 Å². The predicted molar refractivity (Wildman–Crippen MR) is 108 cm³/mol. The van der Waals surface area contributed by atoms with E-state index in [-0.39, 0.29) is 11.8 Å². The van der Waals surface area contributed by atoms with E-state index >= 15 is 0 Å². The Balaban J connectivity index is 1.34. The van der Waals surface area contributed by atoms with Crippen molar-refractivity contribution in [1.82, 2.24) is 14.9 Å². The molecule has 2 aliphatic rings. The summed E-state index contributed by atoms with van der Waals surface area (Å²) in [4.78, 5) is 36.4. The molecule has 6 nitrogen and oxygen atoms in total. The maximum absolute atomic E-state index is 12.5. The topological polar surface area (TPSA) is 75.2 Å². The number of fused-ring (bicyclic) bond motifs is 1. The summed E-state index contributed by atoms with van der Waals surface area (Å²) >= 11 is 3.26. The number of carbonyl (C=O) groups is 2. The molecule has 0 unspecified atom stereocenters. The molecule has 0 bridgehead atoms. The van der Waals surface area contributed by atoms with Gasteiger partial charge in [-0.05, 0) is 25.0 Å². The van der Waals surface area contributed by atoms with Gasteiger partial charge in [0, 0.05) is 29.3 Å². The fraction of sp³-hybridized carbons (Fsp3) is 0.474. The lowest BCUT2D eigenvalue weighted by atomic mass is 10.2. The van der Waals surface area contributed by atoms with Crippen LogP contribution in [0.25, 0.3) is 0 Å². The van der Waals surface area contributed by atoms with Crippen LogP contribution in [0, 0.1) is 0 Å².